The molecule has 0 aliphatic rings. The molecule has 2 nitrogen and oxygen atoms in total. The molecule has 0 aromatic rings. The molecule has 0 aromatic heterocycles. The number of methoxy groups -OCH3 is 1. The molecule has 5 heteroatoms. The second kappa shape index (κ2) is 4.19. The van der Waals surface area contributed by atoms with Crippen molar-refractivity contribution in [2.75, 3.05) is 7.11 Å². The predicted molar refractivity (Wildman–Crippen MR) is 46.1 cm³/mol. The standard InChI is InChI=1S/C6H7Cl3O2/c1-4(3-11-2)5(10)6(7,8)9/h3H,1-2H3/b4-3+. The highest BCUT2D eigenvalue weighted by atomic mass is 35.6. The van der Waals surface area contributed by atoms with Gasteiger partial charge in [-0.3, -0.25) is 4.79 Å². The fourth-order valence-corrected chi connectivity index (χ4v) is 0.901. The summed E-state index contributed by atoms with van der Waals surface area (Å²) in [5.41, 5.74) is 0.271. The molecule has 0 aromatic carbocycles. The number of carbonyl (C=O) groups is 1. The minimum atomic E-state index is -1.89. The summed E-state index contributed by atoms with van der Waals surface area (Å²) in [6.07, 6.45) is 1.23. The number of ketones is 1. The smallest absolute Gasteiger partial charge is 0.253 e. The van der Waals surface area contributed by atoms with Crippen molar-refractivity contribution in [3.63, 3.8) is 0 Å². The molecule has 0 unspecified atom stereocenters. The zero-order chi connectivity index (χ0) is 9.07. The number of rotatable bonds is 2. The molecule has 0 spiro atoms. The lowest BCUT2D eigenvalue weighted by Gasteiger charge is -2.08. The fourth-order valence-electron chi connectivity index (χ4n) is 0.454. The summed E-state index contributed by atoms with van der Waals surface area (Å²) in [5.74, 6) is -0.579. The zero-order valence-corrected chi connectivity index (χ0v) is 8.30. The Hall–Kier alpha value is 0.0800. The molecule has 0 atom stereocenters. The maximum absolute atomic E-state index is 11.0. The molecule has 64 valence electrons. The maximum atomic E-state index is 11.0. The average molecular weight is 217 g/mol. The molecule has 0 heterocycles. The monoisotopic (exact) mass is 216 g/mol. The van der Waals surface area contributed by atoms with Crippen molar-refractivity contribution in [2.24, 2.45) is 0 Å². The highest BCUT2D eigenvalue weighted by Crippen LogP contribution is 2.29. The number of hydrogen-bond acceptors (Lipinski definition) is 2. The summed E-state index contributed by atoms with van der Waals surface area (Å²) < 4.78 is 2.67. The number of halogens is 3. The van der Waals surface area contributed by atoms with E-state index in [1.165, 1.54) is 20.3 Å². The van der Waals surface area contributed by atoms with Crippen LogP contribution < -0.4 is 0 Å². The molecule has 0 aliphatic carbocycles. The summed E-state index contributed by atoms with van der Waals surface area (Å²) in [5, 5.41) is 0. The van der Waals surface area contributed by atoms with Crippen LogP contribution in [-0.4, -0.2) is 16.7 Å². The number of hydrogen-bond donors (Lipinski definition) is 0. The number of ether oxygens (including phenoxy) is 1. The number of carbonyl (C=O) groups excluding carboxylic acids is 1. The van der Waals surface area contributed by atoms with Gasteiger partial charge >= 0.3 is 0 Å². The van der Waals surface area contributed by atoms with E-state index in [2.05, 4.69) is 4.74 Å². The van der Waals surface area contributed by atoms with Gasteiger partial charge < -0.3 is 4.74 Å². The Labute approximate surface area is 80.1 Å². The Kier molecular flexibility index (Phi) is 4.22. The van der Waals surface area contributed by atoms with E-state index < -0.39 is 9.58 Å². The van der Waals surface area contributed by atoms with Gasteiger partial charge in [0.15, 0.2) is 0 Å². The van der Waals surface area contributed by atoms with Crippen molar-refractivity contribution < 1.29 is 9.53 Å². The molecule has 0 bridgehead atoms. The Balaban J connectivity index is 4.39. The van der Waals surface area contributed by atoms with E-state index in [9.17, 15) is 4.79 Å². The van der Waals surface area contributed by atoms with Crippen molar-refractivity contribution in [1.82, 2.24) is 0 Å². The average Bonchev–Trinajstić information content (AvgIpc) is 1.85. The lowest BCUT2D eigenvalue weighted by Crippen LogP contribution is -2.19. The first-order valence-electron chi connectivity index (χ1n) is 2.70. The summed E-state index contributed by atoms with van der Waals surface area (Å²) >= 11 is 15.9. The van der Waals surface area contributed by atoms with Gasteiger partial charge in [0.05, 0.1) is 13.4 Å². The molecule has 0 aliphatic heterocycles. The zero-order valence-electron chi connectivity index (χ0n) is 6.03. The molecule has 0 N–H and O–H groups in total. The summed E-state index contributed by atoms with van der Waals surface area (Å²) in [4.78, 5) is 11.0. The van der Waals surface area contributed by atoms with E-state index in [0.29, 0.717) is 0 Å². The van der Waals surface area contributed by atoms with E-state index in [0.717, 1.165) is 0 Å². The topological polar surface area (TPSA) is 26.3 Å². The highest BCUT2D eigenvalue weighted by molar-refractivity contribution is 6.77. The van der Waals surface area contributed by atoms with Crippen LogP contribution in [0.1, 0.15) is 6.92 Å². The van der Waals surface area contributed by atoms with Crippen LogP contribution in [0, 0.1) is 0 Å². The van der Waals surface area contributed by atoms with Gasteiger partial charge in [0.2, 0.25) is 5.78 Å². The number of Topliss-reactive ketones (excluding diaryl/α,β-unsaturated/α-hetero) is 1. The van der Waals surface area contributed by atoms with Crippen molar-refractivity contribution in [1.29, 1.82) is 0 Å². The van der Waals surface area contributed by atoms with Crippen LogP contribution in [-0.2, 0) is 9.53 Å². The van der Waals surface area contributed by atoms with Gasteiger partial charge in [0, 0.05) is 5.57 Å². The largest absolute Gasteiger partial charge is 0.504 e. The van der Waals surface area contributed by atoms with Gasteiger partial charge in [-0.2, -0.15) is 0 Å². The maximum Gasteiger partial charge on any atom is 0.253 e. The summed E-state index contributed by atoms with van der Waals surface area (Å²) in [7, 11) is 1.41. The van der Waals surface area contributed by atoms with Crippen molar-refractivity contribution in [3.05, 3.63) is 11.8 Å². The second-order valence-electron chi connectivity index (χ2n) is 1.86. The normalized spacial score (nSPS) is 13.0. The van der Waals surface area contributed by atoms with Crippen molar-refractivity contribution >= 4 is 40.6 Å². The highest BCUT2D eigenvalue weighted by Gasteiger charge is 2.31. The molecule has 0 amide bonds. The lowest BCUT2D eigenvalue weighted by molar-refractivity contribution is -0.114. The quantitative estimate of drug-likeness (QED) is 0.403. The van der Waals surface area contributed by atoms with Gasteiger partial charge in [-0.15, -0.1) is 0 Å². The van der Waals surface area contributed by atoms with Crippen LogP contribution in [0.25, 0.3) is 0 Å². The van der Waals surface area contributed by atoms with Gasteiger partial charge in [0.1, 0.15) is 0 Å². The summed E-state index contributed by atoms with van der Waals surface area (Å²) in [6.45, 7) is 1.51. The Morgan fingerprint density at radius 2 is 1.91 bits per heavy atom. The third kappa shape index (κ3) is 3.85. The van der Waals surface area contributed by atoms with E-state index in [1.807, 2.05) is 0 Å². The van der Waals surface area contributed by atoms with Gasteiger partial charge in [-0.25, -0.2) is 0 Å². The van der Waals surface area contributed by atoms with Crippen molar-refractivity contribution in [2.45, 2.75) is 10.7 Å². The Morgan fingerprint density at radius 3 is 2.18 bits per heavy atom. The van der Waals surface area contributed by atoms with Crippen LogP contribution in [0.5, 0.6) is 0 Å². The first kappa shape index (κ1) is 11.1. The van der Waals surface area contributed by atoms with Gasteiger partial charge in [0.25, 0.3) is 3.79 Å². The molecule has 11 heavy (non-hydrogen) atoms. The molecule has 0 fully saturated rings. The van der Waals surface area contributed by atoms with Crippen LogP contribution in [0.4, 0.5) is 0 Å². The van der Waals surface area contributed by atoms with Crippen LogP contribution in [0.2, 0.25) is 0 Å². The van der Waals surface area contributed by atoms with Crippen molar-refractivity contribution in [3.8, 4) is 0 Å². The minimum absolute atomic E-state index is 0.271. The molecule has 0 saturated carbocycles. The SMILES string of the molecule is CO/C=C(\C)C(=O)C(Cl)(Cl)Cl. The van der Waals surface area contributed by atoms with Crippen LogP contribution in [0.15, 0.2) is 11.8 Å². The summed E-state index contributed by atoms with van der Waals surface area (Å²) in [6, 6.07) is 0. The second-order valence-corrected chi connectivity index (χ2v) is 4.14. The van der Waals surface area contributed by atoms with E-state index in [-0.39, 0.29) is 5.57 Å². The fraction of sp³-hybridized carbons (Fsp3) is 0.500. The minimum Gasteiger partial charge on any atom is -0.504 e. The van der Waals surface area contributed by atoms with Crippen LogP contribution >= 0.6 is 34.8 Å². The molecule has 0 rings (SSSR count). The Morgan fingerprint density at radius 1 is 1.45 bits per heavy atom. The van der Waals surface area contributed by atoms with E-state index >= 15 is 0 Å². The molecule has 0 saturated heterocycles. The molecular weight excluding hydrogens is 210 g/mol. The molecule has 0 radical (unpaired) electrons. The predicted octanol–water partition coefficient (Wildman–Crippen LogP) is 2.48. The van der Waals surface area contributed by atoms with E-state index in [4.69, 9.17) is 34.8 Å². The van der Waals surface area contributed by atoms with E-state index in [1.54, 1.807) is 0 Å². The first-order chi connectivity index (χ1) is 4.89. The van der Waals surface area contributed by atoms with Gasteiger partial charge in [-0.1, -0.05) is 34.8 Å². The third-order valence-electron chi connectivity index (χ3n) is 0.910. The molecular formula is C6H7Cl3O2. The third-order valence-corrected chi connectivity index (χ3v) is 1.43. The lowest BCUT2D eigenvalue weighted by atomic mass is 10.2. The number of alkyl halides is 3. The van der Waals surface area contributed by atoms with Gasteiger partial charge in [-0.05, 0) is 6.92 Å². The first-order valence-corrected chi connectivity index (χ1v) is 3.84. The van der Waals surface area contributed by atoms with Crippen LogP contribution in [0.3, 0.4) is 0 Å². The number of allylic oxidation sites excluding steroid dienone is 1. The Bertz CT molecular complexity index is 181.